The molecule has 2 aromatic rings. The predicted octanol–water partition coefficient (Wildman–Crippen LogP) is 3.40. The number of pyridine rings is 1. The molecule has 0 N–H and O–H groups in total. The lowest BCUT2D eigenvalue weighted by molar-refractivity contribution is 0.709. The standard InChI is InChI=1S/C14H18N4S/c1-10(2)13-16-14(19-17-13)18-8-4-6-12(18)11-5-3-7-15-9-11/h3,5,7,9-10,12H,4,6,8H2,1-2H3. The van der Waals surface area contributed by atoms with Gasteiger partial charge in [-0.2, -0.15) is 4.37 Å². The molecule has 0 bridgehead atoms. The monoisotopic (exact) mass is 274 g/mol. The average molecular weight is 274 g/mol. The van der Waals surface area contributed by atoms with Crippen LogP contribution in [0.1, 0.15) is 50.0 Å². The van der Waals surface area contributed by atoms with Gasteiger partial charge >= 0.3 is 0 Å². The van der Waals surface area contributed by atoms with Crippen LogP contribution < -0.4 is 4.90 Å². The summed E-state index contributed by atoms with van der Waals surface area (Å²) in [5, 5.41) is 1.05. The first-order valence-electron chi connectivity index (χ1n) is 6.76. The molecule has 0 saturated carbocycles. The highest BCUT2D eigenvalue weighted by Gasteiger charge is 2.28. The molecule has 1 saturated heterocycles. The zero-order valence-electron chi connectivity index (χ0n) is 11.3. The molecule has 1 unspecified atom stereocenters. The van der Waals surface area contributed by atoms with E-state index in [0.717, 1.165) is 17.5 Å². The maximum absolute atomic E-state index is 4.68. The van der Waals surface area contributed by atoms with Gasteiger partial charge in [-0.05, 0) is 24.5 Å². The minimum Gasteiger partial charge on any atom is -0.340 e. The Bertz CT molecular complexity index is 537. The quantitative estimate of drug-likeness (QED) is 0.860. The van der Waals surface area contributed by atoms with Crippen molar-refractivity contribution in [3.63, 3.8) is 0 Å². The van der Waals surface area contributed by atoms with Crippen LogP contribution in [-0.4, -0.2) is 20.9 Å². The fourth-order valence-corrected chi connectivity index (χ4v) is 3.38. The molecule has 0 radical (unpaired) electrons. The number of hydrogen-bond acceptors (Lipinski definition) is 5. The fraction of sp³-hybridized carbons (Fsp3) is 0.500. The summed E-state index contributed by atoms with van der Waals surface area (Å²) in [7, 11) is 0. The molecular formula is C14H18N4S. The van der Waals surface area contributed by atoms with Gasteiger partial charge in [0.2, 0.25) is 5.13 Å². The molecule has 0 amide bonds. The van der Waals surface area contributed by atoms with E-state index in [2.05, 4.69) is 39.2 Å². The summed E-state index contributed by atoms with van der Waals surface area (Å²) in [4.78, 5) is 11.3. The molecule has 4 nitrogen and oxygen atoms in total. The van der Waals surface area contributed by atoms with Gasteiger partial charge in [0.05, 0.1) is 6.04 Å². The second kappa shape index (κ2) is 5.25. The summed E-state index contributed by atoms with van der Waals surface area (Å²) in [6.07, 6.45) is 6.16. The predicted molar refractivity (Wildman–Crippen MR) is 77.6 cm³/mol. The molecule has 19 heavy (non-hydrogen) atoms. The van der Waals surface area contributed by atoms with Gasteiger partial charge in [-0.15, -0.1) is 0 Å². The van der Waals surface area contributed by atoms with Gasteiger partial charge in [0, 0.05) is 36.4 Å². The van der Waals surface area contributed by atoms with Gasteiger partial charge in [0.1, 0.15) is 5.82 Å². The first kappa shape index (κ1) is 12.5. The van der Waals surface area contributed by atoms with Crippen LogP contribution in [-0.2, 0) is 0 Å². The van der Waals surface area contributed by atoms with E-state index >= 15 is 0 Å². The molecule has 1 fully saturated rings. The zero-order valence-corrected chi connectivity index (χ0v) is 12.1. The Morgan fingerprint density at radius 2 is 2.32 bits per heavy atom. The first-order valence-corrected chi connectivity index (χ1v) is 7.53. The summed E-state index contributed by atoms with van der Waals surface area (Å²) in [5.74, 6) is 1.35. The topological polar surface area (TPSA) is 41.9 Å². The largest absolute Gasteiger partial charge is 0.340 e. The van der Waals surface area contributed by atoms with E-state index in [-0.39, 0.29) is 0 Å². The number of anilines is 1. The van der Waals surface area contributed by atoms with Gasteiger partial charge < -0.3 is 4.90 Å². The van der Waals surface area contributed by atoms with E-state index in [4.69, 9.17) is 0 Å². The maximum atomic E-state index is 4.68. The second-order valence-electron chi connectivity index (χ2n) is 5.23. The van der Waals surface area contributed by atoms with Crippen LogP contribution in [0.4, 0.5) is 5.13 Å². The van der Waals surface area contributed by atoms with Gasteiger partial charge in [0.25, 0.3) is 0 Å². The van der Waals surface area contributed by atoms with Crippen molar-refractivity contribution in [3.8, 4) is 0 Å². The SMILES string of the molecule is CC(C)c1nsc(N2CCCC2c2cccnc2)n1. The average Bonchev–Trinajstić information content (AvgIpc) is 3.08. The van der Waals surface area contributed by atoms with Gasteiger partial charge in [0.15, 0.2) is 0 Å². The maximum Gasteiger partial charge on any atom is 0.205 e. The molecule has 1 aliphatic rings. The Labute approximate surface area is 117 Å². The van der Waals surface area contributed by atoms with Crippen LogP contribution in [0.5, 0.6) is 0 Å². The Morgan fingerprint density at radius 1 is 1.42 bits per heavy atom. The lowest BCUT2D eigenvalue weighted by atomic mass is 10.1. The number of rotatable bonds is 3. The van der Waals surface area contributed by atoms with Crippen LogP contribution in [0, 0.1) is 0 Å². The van der Waals surface area contributed by atoms with Crippen molar-refractivity contribution in [2.45, 2.75) is 38.6 Å². The summed E-state index contributed by atoms with van der Waals surface area (Å²) in [6, 6.07) is 4.56. The molecule has 5 heteroatoms. The molecule has 100 valence electrons. The minimum atomic E-state index is 0.393. The summed E-state index contributed by atoms with van der Waals surface area (Å²) < 4.78 is 4.46. The molecule has 1 aliphatic heterocycles. The smallest absolute Gasteiger partial charge is 0.205 e. The van der Waals surface area contributed by atoms with Crippen molar-refractivity contribution in [2.75, 3.05) is 11.4 Å². The highest BCUT2D eigenvalue weighted by atomic mass is 32.1. The molecule has 3 rings (SSSR count). The van der Waals surface area contributed by atoms with Gasteiger partial charge in [-0.1, -0.05) is 19.9 Å². The van der Waals surface area contributed by atoms with Gasteiger partial charge in [-0.3, -0.25) is 4.98 Å². The van der Waals surface area contributed by atoms with Crippen molar-refractivity contribution < 1.29 is 0 Å². The van der Waals surface area contributed by atoms with Gasteiger partial charge in [-0.25, -0.2) is 4.98 Å². The van der Waals surface area contributed by atoms with E-state index in [1.165, 1.54) is 29.9 Å². The second-order valence-corrected chi connectivity index (χ2v) is 5.96. The van der Waals surface area contributed by atoms with E-state index < -0.39 is 0 Å². The van der Waals surface area contributed by atoms with Crippen molar-refractivity contribution >= 4 is 16.7 Å². The van der Waals surface area contributed by atoms with Crippen LogP contribution >= 0.6 is 11.5 Å². The molecule has 3 heterocycles. The van der Waals surface area contributed by atoms with Crippen LogP contribution in [0.2, 0.25) is 0 Å². The fourth-order valence-electron chi connectivity index (χ4n) is 2.49. The van der Waals surface area contributed by atoms with Crippen LogP contribution in [0.25, 0.3) is 0 Å². The molecule has 2 aromatic heterocycles. The number of nitrogens with zero attached hydrogens (tertiary/aromatic N) is 4. The van der Waals surface area contributed by atoms with E-state index in [9.17, 15) is 0 Å². The van der Waals surface area contributed by atoms with E-state index in [1.54, 1.807) is 0 Å². The van der Waals surface area contributed by atoms with Crippen molar-refractivity contribution in [2.24, 2.45) is 0 Å². The molecule has 0 spiro atoms. The van der Waals surface area contributed by atoms with Crippen LogP contribution in [0.3, 0.4) is 0 Å². The Balaban J connectivity index is 1.86. The molecule has 0 aromatic carbocycles. The first-order chi connectivity index (χ1) is 9.25. The molecule has 1 atom stereocenters. The van der Waals surface area contributed by atoms with Crippen LogP contribution in [0.15, 0.2) is 24.5 Å². The summed E-state index contributed by atoms with van der Waals surface area (Å²) >= 11 is 1.52. The van der Waals surface area contributed by atoms with Crippen molar-refractivity contribution in [1.82, 2.24) is 14.3 Å². The highest BCUT2D eigenvalue weighted by molar-refractivity contribution is 7.09. The lowest BCUT2D eigenvalue weighted by Gasteiger charge is -2.23. The normalized spacial score (nSPS) is 19.3. The Kier molecular flexibility index (Phi) is 3.46. The van der Waals surface area contributed by atoms with E-state index in [0.29, 0.717) is 12.0 Å². The molecule has 0 aliphatic carbocycles. The highest BCUT2D eigenvalue weighted by Crippen LogP contribution is 2.36. The van der Waals surface area contributed by atoms with Crippen molar-refractivity contribution in [3.05, 3.63) is 35.9 Å². The lowest BCUT2D eigenvalue weighted by Crippen LogP contribution is -2.22. The number of hydrogen-bond donors (Lipinski definition) is 0. The third-order valence-electron chi connectivity index (χ3n) is 3.52. The third-order valence-corrected chi connectivity index (χ3v) is 4.28. The number of aromatic nitrogens is 3. The zero-order chi connectivity index (χ0) is 13.2. The Morgan fingerprint density at radius 3 is 3.00 bits per heavy atom. The minimum absolute atomic E-state index is 0.393. The molecular weight excluding hydrogens is 256 g/mol. The third kappa shape index (κ3) is 2.47. The summed E-state index contributed by atoms with van der Waals surface area (Å²) in [5.41, 5.74) is 1.28. The summed E-state index contributed by atoms with van der Waals surface area (Å²) in [6.45, 7) is 5.33. The van der Waals surface area contributed by atoms with Crippen molar-refractivity contribution in [1.29, 1.82) is 0 Å². The van der Waals surface area contributed by atoms with E-state index in [1.807, 2.05) is 18.5 Å². The Hall–Kier alpha value is -1.49.